The summed E-state index contributed by atoms with van der Waals surface area (Å²) < 4.78 is 32.0. The van der Waals surface area contributed by atoms with Gasteiger partial charge < -0.3 is 10.1 Å². The number of piperazine rings is 1. The highest BCUT2D eigenvalue weighted by molar-refractivity contribution is 7.89. The topological polar surface area (TPSA) is 92.8 Å². The number of esters is 1. The Morgan fingerprint density at radius 1 is 1.12 bits per heavy atom. The van der Waals surface area contributed by atoms with Crippen molar-refractivity contribution in [2.45, 2.75) is 10.9 Å². The molecule has 0 aromatic heterocycles. The van der Waals surface area contributed by atoms with Gasteiger partial charge in [0.1, 0.15) is 6.04 Å². The number of methoxy groups -OCH3 is 1. The van der Waals surface area contributed by atoms with Crippen LogP contribution in [0.4, 0.5) is 0 Å². The molecule has 136 valence electrons. The number of amides is 1. The molecule has 0 bridgehead atoms. The molecule has 2 aromatic rings. The Morgan fingerprint density at radius 2 is 1.77 bits per heavy atom. The van der Waals surface area contributed by atoms with Crippen LogP contribution in [0.15, 0.2) is 59.5 Å². The van der Waals surface area contributed by atoms with Crippen molar-refractivity contribution < 1.29 is 22.7 Å². The maximum Gasteiger partial charge on any atom is 0.337 e. The van der Waals surface area contributed by atoms with Crippen LogP contribution in [-0.2, 0) is 19.6 Å². The minimum absolute atomic E-state index is 0.0146. The monoisotopic (exact) mass is 374 g/mol. The van der Waals surface area contributed by atoms with E-state index >= 15 is 0 Å². The normalized spacial score (nSPS) is 18.2. The maximum atomic E-state index is 13.1. The van der Waals surface area contributed by atoms with E-state index in [0.717, 1.165) is 0 Å². The van der Waals surface area contributed by atoms with Gasteiger partial charge in [-0.3, -0.25) is 4.79 Å². The number of carbonyl (C=O) groups is 2. The minimum atomic E-state index is -3.92. The number of hydrogen-bond donors (Lipinski definition) is 1. The van der Waals surface area contributed by atoms with Crippen LogP contribution < -0.4 is 5.32 Å². The fourth-order valence-corrected chi connectivity index (χ4v) is 4.45. The van der Waals surface area contributed by atoms with E-state index in [-0.39, 0.29) is 29.5 Å². The van der Waals surface area contributed by atoms with E-state index in [1.54, 1.807) is 30.3 Å². The molecule has 1 fully saturated rings. The molecule has 8 heteroatoms. The summed E-state index contributed by atoms with van der Waals surface area (Å²) >= 11 is 0. The number of nitrogens with one attached hydrogen (secondary N) is 1. The Hall–Kier alpha value is -2.71. The highest BCUT2D eigenvalue weighted by Crippen LogP contribution is 2.29. The van der Waals surface area contributed by atoms with Crippen molar-refractivity contribution in [1.82, 2.24) is 9.62 Å². The molecular formula is C18H18N2O5S. The molecule has 1 aliphatic rings. The fourth-order valence-electron chi connectivity index (χ4n) is 2.87. The molecule has 0 unspecified atom stereocenters. The van der Waals surface area contributed by atoms with Gasteiger partial charge in [0.05, 0.1) is 17.6 Å². The van der Waals surface area contributed by atoms with Crippen molar-refractivity contribution in [3.8, 4) is 0 Å². The second-order valence-corrected chi connectivity index (χ2v) is 7.63. The lowest BCUT2D eigenvalue weighted by molar-refractivity contribution is -0.126. The summed E-state index contributed by atoms with van der Waals surface area (Å²) in [5, 5.41) is 2.71. The summed E-state index contributed by atoms with van der Waals surface area (Å²) in [6.07, 6.45) is 0. The predicted octanol–water partition coefficient (Wildman–Crippen LogP) is 1.33. The zero-order valence-electron chi connectivity index (χ0n) is 14.1. The van der Waals surface area contributed by atoms with E-state index in [1.165, 1.54) is 35.7 Å². The van der Waals surface area contributed by atoms with E-state index < -0.39 is 22.0 Å². The maximum absolute atomic E-state index is 13.1. The molecule has 1 atom stereocenters. The van der Waals surface area contributed by atoms with Crippen molar-refractivity contribution >= 4 is 21.9 Å². The third kappa shape index (κ3) is 3.33. The Labute approximate surface area is 151 Å². The first-order chi connectivity index (χ1) is 12.4. The molecule has 26 heavy (non-hydrogen) atoms. The number of ether oxygens (including phenoxy) is 1. The van der Waals surface area contributed by atoms with Crippen molar-refractivity contribution in [3.05, 3.63) is 65.7 Å². The first-order valence-electron chi connectivity index (χ1n) is 7.98. The molecule has 0 radical (unpaired) electrons. The fraction of sp³-hybridized carbons (Fsp3) is 0.222. The van der Waals surface area contributed by atoms with E-state index in [1.807, 2.05) is 0 Å². The molecule has 1 heterocycles. The van der Waals surface area contributed by atoms with Gasteiger partial charge in [-0.15, -0.1) is 0 Å². The summed E-state index contributed by atoms with van der Waals surface area (Å²) in [5.74, 6) is -0.911. The Balaban J connectivity index is 1.98. The summed E-state index contributed by atoms with van der Waals surface area (Å²) in [7, 11) is -2.67. The molecule has 1 N–H and O–H groups in total. The Kier molecular flexibility index (Phi) is 5.06. The van der Waals surface area contributed by atoms with Gasteiger partial charge in [-0.25, -0.2) is 13.2 Å². The number of rotatable bonds is 4. The quantitative estimate of drug-likeness (QED) is 0.815. The summed E-state index contributed by atoms with van der Waals surface area (Å²) in [4.78, 5) is 23.9. The van der Waals surface area contributed by atoms with Gasteiger partial charge in [0.2, 0.25) is 15.9 Å². The van der Waals surface area contributed by atoms with Crippen molar-refractivity contribution in [2.24, 2.45) is 0 Å². The van der Waals surface area contributed by atoms with E-state index in [9.17, 15) is 18.0 Å². The largest absolute Gasteiger partial charge is 0.465 e. The molecule has 0 aliphatic carbocycles. The second kappa shape index (κ2) is 7.27. The average Bonchev–Trinajstić information content (AvgIpc) is 2.68. The van der Waals surface area contributed by atoms with Gasteiger partial charge in [-0.05, 0) is 29.8 Å². The average molecular weight is 374 g/mol. The van der Waals surface area contributed by atoms with Crippen LogP contribution in [0.5, 0.6) is 0 Å². The zero-order valence-corrected chi connectivity index (χ0v) is 14.9. The lowest BCUT2D eigenvalue weighted by Gasteiger charge is -2.34. The highest BCUT2D eigenvalue weighted by Gasteiger charge is 2.39. The molecule has 1 saturated heterocycles. The molecule has 2 aromatic carbocycles. The van der Waals surface area contributed by atoms with Gasteiger partial charge in [-0.1, -0.05) is 30.3 Å². The van der Waals surface area contributed by atoms with Crippen molar-refractivity contribution in [2.75, 3.05) is 20.2 Å². The van der Waals surface area contributed by atoms with Crippen LogP contribution in [0.3, 0.4) is 0 Å². The number of carbonyl (C=O) groups excluding carboxylic acids is 2. The first kappa shape index (κ1) is 18.1. The predicted molar refractivity (Wildman–Crippen MR) is 93.9 cm³/mol. The minimum Gasteiger partial charge on any atom is -0.465 e. The third-order valence-electron chi connectivity index (χ3n) is 4.17. The second-order valence-electron chi connectivity index (χ2n) is 5.74. The van der Waals surface area contributed by atoms with E-state index in [0.29, 0.717) is 5.56 Å². The van der Waals surface area contributed by atoms with Gasteiger partial charge in [0.15, 0.2) is 0 Å². The number of nitrogens with zero attached hydrogens (tertiary/aromatic N) is 1. The Bertz CT molecular complexity index is 910. The zero-order chi connectivity index (χ0) is 18.7. The molecule has 1 amide bonds. The van der Waals surface area contributed by atoms with E-state index in [2.05, 4.69) is 10.1 Å². The SMILES string of the molecule is COC(=O)c1ccc(S(=O)(=O)N2CCNC(=O)[C@H]2c2ccccc2)cc1. The smallest absolute Gasteiger partial charge is 0.337 e. The van der Waals surface area contributed by atoms with Gasteiger partial charge >= 0.3 is 5.97 Å². The summed E-state index contributed by atoms with van der Waals surface area (Å²) in [5.41, 5.74) is 0.849. The molecule has 1 aliphatic heterocycles. The van der Waals surface area contributed by atoms with Crippen LogP contribution in [0, 0.1) is 0 Å². The van der Waals surface area contributed by atoms with Crippen LogP contribution in [0.25, 0.3) is 0 Å². The third-order valence-corrected chi connectivity index (χ3v) is 6.04. The lowest BCUT2D eigenvalue weighted by Crippen LogP contribution is -2.52. The van der Waals surface area contributed by atoms with Crippen LogP contribution >= 0.6 is 0 Å². The lowest BCUT2D eigenvalue weighted by atomic mass is 10.1. The molecule has 0 spiro atoms. The number of hydrogen-bond acceptors (Lipinski definition) is 5. The van der Waals surface area contributed by atoms with Gasteiger partial charge in [-0.2, -0.15) is 4.31 Å². The van der Waals surface area contributed by atoms with Gasteiger partial charge in [0.25, 0.3) is 0 Å². The first-order valence-corrected chi connectivity index (χ1v) is 9.42. The van der Waals surface area contributed by atoms with Gasteiger partial charge in [0, 0.05) is 13.1 Å². The van der Waals surface area contributed by atoms with Crippen LogP contribution in [0.1, 0.15) is 22.0 Å². The number of benzene rings is 2. The van der Waals surface area contributed by atoms with Crippen molar-refractivity contribution in [1.29, 1.82) is 0 Å². The van der Waals surface area contributed by atoms with Crippen LogP contribution in [-0.4, -0.2) is 44.8 Å². The number of sulfonamides is 1. The van der Waals surface area contributed by atoms with E-state index in [4.69, 9.17) is 0 Å². The molecule has 3 rings (SSSR count). The van der Waals surface area contributed by atoms with Crippen LogP contribution in [0.2, 0.25) is 0 Å². The molecule has 0 saturated carbocycles. The highest BCUT2D eigenvalue weighted by atomic mass is 32.2. The molecule has 7 nitrogen and oxygen atoms in total. The molecular weight excluding hydrogens is 356 g/mol. The summed E-state index contributed by atoms with van der Waals surface area (Å²) in [6, 6.07) is 13.3. The van der Waals surface area contributed by atoms with Crippen molar-refractivity contribution in [3.63, 3.8) is 0 Å². The summed E-state index contributed by atoms with van der Waals surface area (Å²) in [6.45, 7) is 0.397. The standard InChI is InChI=1S/C18H18N2O5S/c1-25-18(22)14-7-9-15(10-8-14)26(23,24)20-12-11-19-17(21)16(20)13-5-3-2-4-6-13/h2-10,16H,11-12H2,1H3,(H,19,21)/t16-/m1/s1. The Morgan fingerprint density at radius 3 is 2.38 bits per heavy atom.